The summed E-state index contributed by atoms with van der Waals surface area (Å²) in [5, 5.41) is 3.63. The van der Waals surface area contributed by atoms with Crippen molar-refractivity contribution in [3.63, 3.8) is 0 Å². The van der Waals surface area contributed by atoms with Crippen molar-refractivity contribution in [2.75, 3.05) is 13.1 Å². The highest BCUT2D eigenvalue weighted by Crippen LogP contribution is 2.29. The molecule has 1 aliphatic rings. The topological polar surface area (TPSA) is 84.7 Å². The molecule has 1 N–H and O–H groups in total. The average molecular weight is 454 g/mol. The highest BCUT2D eigenvalue weighted by Gasteiger charge is 2.26. The van der Waals surface area contributed by atoms with Crippen molar-refractivity contribution < 1.29 is 18.7 Å². The predicted molar refractivity (Wildman–Crippen MR) is 123 cm³/mol. The van der Waals surface area contributed by atoms with E-state index in [2.05, 4.69) is 10.3 Å². The van der Waals surface area contributed by atoms with E-state index < -0.39 is 0 Å². The van der Waals surface area contributed by atoms with Crippen LogP contribution in [0.4, 0.5) is 0 Å². The molecule has 168 valence electrons. The zero-order valence-electron chi connectivity index (χ0n) is 18.7. The smallest absolute Gasteiger partial charge is 0.263 e. The van der Waals surface area contributed by atoms with E-state index in [0.717, 1.165) is 11.3 Å². The van der Waals surface area contributed by atoms with Gasteiger partial charge in [0.15, 0.2) is 10.8 Å². The average Bonchev–Trinajstić information content (AvgIpc) is 3.36. The van der Waals surface area contributed by atoms with Gasteiger partial charge in [0.25, 0.3) is 11.8 Å². The predicted octanol–water partition coefficient (Wildman–Crippen LogP) is 4.20. The lowest BCUT2D eigenvalue weighted by atomic mass is 10.1. The summed E-state index contributed by atoms with van der Waals surface area (Å²) in [6, 6.07) is 11.1. The van der Waals surface area contributed by atoms with Crippen LogP contribution in [-0.4, -0.2) is 47.0 Å². The number of morpholine rings is 1. The fraction of sp³-hybridized carbons (Fsp3) is 0.375. The number of nitrogens with one attached hydrogen (secondary N) is 1. The first-order chi connectivity index (χ1) is 15.3. The summed E-state index contributed by atoms with van der Waals surface area (Å²) in [6.07, 6.45) is 0.0643. The Balaban J connectivity index is 1.37. The normalized spacial score (nSPS) is 18.6. The monoisotopic (exact) mass is 453 g/mol. The van der Waals surface area contributed by atoms with Crippen LogP contribution in [0.5, 0.6) is 0 Å². The van der Waals surface area contributed by atoms with E-state index in [1.54, 1.807) is 0 Å². The number of carbonyl (C=O) groups excluding carboxylic acids is 2. The molecule has 0 spiro atoms. The summed E-state index contributed by atoms with van der Waals surface area (Å²) >= 11 is 1.31. The van der Waals surface area contributed by atoms with Crippen molar-refractivity contribution >= 4 is 23.2 Å². The Morgan fingerprint density at radius 2 is 1.78 bits per heavy atom. The van der Waals surface area contributed by atoms with Crippen LogP contribution >= 0.6 is 11.3 Å². The molecule has 3 heterocycles. The highest BCUT2D eigenvalue weighted by molar-refractivity contribution is 7.17. The van der Waals surface area contributed by atoms with Gasteiger partial charge in [0.05, 0.1) is 17.9 Å². The number of benzene rings is 1. The van der Waals surface area contributed by atoms with Gasteiger partial charge in [0.2, 0.25) is 0 Å². The molecule has 2 atom stereocenters. The molecular formula is C24H27N3O4S. The third kappa shape index (κ3) is 4.92. The second-order valence-corrected chi connectivity index (χ2v) is 9.19. The van der Waals surface area contributed by atoms with Crippen LogP contribution in [-0.2, 0) is 11.3 Å². The van der Waals surface area contributed by atoms with E-state index >= 15 is 0 Å². The molecule has 2 aromatic heterocycles. The first-order valence-corrected chi connectivity index (χ1v) is 11.5. The molecule has 2 amide bonds. The standard InChI is InChI=1S/C24H27N3O4S/c1-14-5-10-20(31-14)23-26-17(4)21(32-23)22(28)25-11-18-6-8-19(9-7-18)24(29)27-12-15(2)30-16(3)13-27/h5-10,15-16H,11-13H2,1-4H3,(H,25,28). The first kappa shape index (κ1) is 22.2. The maximum absolute atomic E-state index is 12.8. The zero-order valence-corrected chi connectivity index (χ0v) is 19.5. The van der Waals surface area contributed by atoms with Gasteiger partial charge in [0, 0.05) is 25.2 Å². The molecule has 1 saturated heterocycles. The number of hydrogen-bond acceptors (Lipinski definition) is 6. The number of aromatic nitrogens is 1. The zero-order chi connectivity index (χ0) is 22.8. The molecule has 3 aromatic rings. The Hall–Kier alpha value is -2.97. The lowest BCUT2D eigenvalue weighted by Gasteiger charge is -2.35. The molecule has 7 nitrogen and oxygen atoms in total. The minimum absolute atomic E-state index is 0.00330. The fourth-order valence-corrected chi connectivity index (χ4v) is 4.76. The van der Waals surface area contributed by atoms with E-state index in [9.17, 15) is 9.59 Å². The molecular weight excluding hydrogens is 426 g/mol. The third-order valence-corrected chi connectivity index (χ3v) is 6.49. The highest BCUT2D eigenvalue weighted by atomic mass is 32.1. The molecule has 0 aliphatic carbocycles. The van der Waals surface area contributed by atoms with Crippen molar-refractivity contribution in [1.29, 1.82) is 0 Å². The van der Waals surface area contributed by atoms with Gasteiger partial charge < -0.3 is 19.4 Å². The number of thiazole rings is 1. The van der Waals surface area contributed by atoms with Crippen LogP contribution < -0.4 is 5.32 Å². The number of aryl methyl sites for hydroxylation is 2. The fourth-order valence-electron chi connectivity index (χ4n) is 3.82. The largest absolute Gasteiger partial charge is 0.459 e. The minimum atomic E-state index is -0.175. The van der Waals surface area contributed by atoms with Gasteiger partial charge in [-0.05, 0) is 57.5 Å². The van der Waals surface area contributed by atoms with Crippen LogP contribution in [0.1, 0.15) is 50.9 Å². The Bertz CT molecular complexity index is 1110. The minimum Gasteiger partial charge on any atom is -0.459 e. The molecule has 2 unspecified atom stereocenters. The quantitative estimate of drug-likeness (QED) is 0.626. The number of amides is 2. The lowest BCUT2D eigenvalue weighted by molar-refractivity contribution is -0.0586. The van der Waals surface area contributed by atoms with E-state index in [0.29, 0.717) is 46.5 Å². The molecule has 8 heteroatoms. The molecule has 1 aliphatic heterocycles. The van der Waals surface area contributed by atoms with Gasteiger partial charge >= 0.3 is 0 Å². The van der Waals surface area contributed by atoms with Gasteiger partial charge in [0.1, 0.15) is 10.6 Å². The van der Waals surface area contributed by atoms with E-state index in [4.69, 9.17) is 9.15 Å². The number of rotatable bonds is 5. The second kappa shape index (κ2) is 9.26. The Morgan fingerprint density at radius 1 is 1.09 bits per heavy atom. The van der Waals surface area contributed by atoms with Gasteiger partial charge in [-0.3, -0.25) is 9.59 Å². The SMILES string of the molecule is Cc1ccc(-c2nc(C)c(C(=O)NCc3ccc(C(=O)N4CC(C)OC(C)C4)cc3)s2)o1. The summed E-state index contributed by atoms with van der Waals surface area (Å²) in [4.78, 5) is 32.4. The molecule has 0 bridgehead atoms. The van der Waals surface area contributed by atoms with E-state index in [1.807, 2.05) is 69.0 Å². The van der Waals surface area contributed by atoms with Crippen LogP contribution in [0.3, 0.4) is 0 Å². The second-order valence-electron chi connectivity index (χ2n) is 8.19. The molecule has 1 aromatic carbocycles. The van der Waals surface area contributed by atoms with Crippen molar-refractivity contribution in [3.05, 3.63) is 63.9 Å². The number of hydrogen-bond donors (Lipinski definition) is 1. The van der Waals surface area contributed by atoms with Crippen LogP contribution in [0.25, 0.3) is 10.8 Å². The third-order valence-electron chi connectivity index (χ3n) is 5.31. The summed E-state index contributed by atoms with van der Waals surface area (Å²) in [5.74, 6) is 1.30. The Labute approximate surface area is 191 Å². The molecule has 32 heavy (non-hydrogen) atoms. The summed E-state index contributed by atoms with van der Waals surface area (Å²) < 4.78 is 11.3. The number of nitrogens with zero attached hydrogens (tertiary/aromatic N) is 2. The van der Waals surface area contributed by atoms with Crippen molar-refractivity contribution in [1.82, 2.24) is 15.2 Å². The van der Waals surface area contributed by atoms with Gasteiger partial charge in [-0.1, -0.05) is 12.1 Å². The molecule has 1 fully saturated rings. The Morgan fingerprint density at radius 3 is 2.41 bits per heavy atom. The Kier molecular flexibility index (Phi) is 6.43. The van der Waals surface area contributed by atoms with Gasteiger partial charge in [-0.25, -0.2) is 4.98 Å². The van der Waals surface area contributed by atoms with Crippen molar-refractivity contribution in [2.24, 2.45) is 0 Å². The number of carbonyl (C=O) groups is 2. The number of ether oxygens (including phenoxy) is 1. The number of furan rings is 1. The molecule has 0 radical (unpaired) electrons. The lowest BCUT2D eigenvalue weighted by Crippen LogP contribution is -2.48. The van der Waals surface area contributed by atoms with E-state index in [-0.39, 0.29) is 24.0 Å². The van der Waals surface area contributed by atoms with E-state index in [1.165, 1.54) is 11.3 Å². The van der Waals surface area contributed by atoms with Crippen LogP contribution in [0, 0.1) is 13.8 Å². The first-order valence-electron chi connectivity index (χ1n) is 10.7. The summed E-state index contributed by atoms with van der Waals surface area (Å²) in [5.41, 5.74) is 2.23. The summed E-state index contributed by atoms with van der Waals surface area (Å²) in [7, 11) is 0. The van der Waals surface area contributed by atoms with Crippen molar-refractivity contribution in [3.8, 4) is 10.8 Å². The van der Waals surface area contributed by atoms with Crippen LogP contribution in [0.2, 0.25) is 0 Å². The molecule has 0 saturated carbocycles. The van der Waals surface area contributed by atoms with Gasteiger partial charge in [-0.15, -0.1) is 11.3 Å². The summed E-state index contributed by atoms with van der Waals surface area (Å²) in [6.45, 7) is 9.20. The van der Waals surface area contributed by atoms with Gasteiger partial charge in [-0.2, -0.15) is 0 Å². The molecule has 4 rings (SSSR count). The van der Waals surface area contributed by atoms with Crippen LogP contribution in [0.15, 0.2) is 40.8 Å². The maximum Gasteiger partial charge on any atom is 0.263 e. The van der Waals surface area contributed by atoms with Crippen molar-refractivity contribution in [2.45, 2.75) is 46.4 Å². The maximum atomic E-state index is 12.8.